The first kappa shape index (κ1) is 21.9. The second kappa shape index (κ2) is 10.3. The van der Waals surface area contributed by atoms with Crippen LogP contribution in [0.4, 0.5) is 5.69 Å². The summed E-state index contributed by atoms with van der Waals surface area (Å²) >= 11 is 1.77. The van der Waals surface area contributed by atoms with Crippen molar-refractivity contribution in [3.63, 3.8) is 0 Å². The molecule has 3 aromatic rings. The summed E-state index contributed by atoms with van der Waals surface area (Å²) in [5.41, 5.74) is 3.48. The van der Waals surface area contributed by atoms with Gasteiger partial charge in [-0.2, -0.15) is 11.8 Å². The van der Waals surface area contributed by atoms with Gasteiger partial charge in [0.1, 0.15) is 0 Å². The molecule has 30 heavy (non-hydrogen) atoms. The SMILES string of the molecule is Cc1ccccc1CSCCNC(=O)c1ccc(NS(=O)(=O)c2ccccc2)cc1. The number of anilines is 1. The number of carbonyl (C=O) groups is 1. The maximum Gasteiger partial charge on any atom is 0.261 e. The zero-order chi connectivity index (χ0) is 21.4. The van der Waals surface area contributed by atoms with Crippen LogP contribution < -0.4 is 10.0 Å². The minimum absolute atomic E-state index is 0.177. The summed E-state index contributed by atoms with van der Waals surface area (Å²) in [6.07, 6.45) is 0. The van der Waals surface area contributed by atoms with E-state index >= 15 is 0 Å². The third kappa shape index (κ3) is 6.11. The first-order valence-electron chi connectivity index (χ1n) is 9.54. The molecule has 2 N–H and O–H groups in total. The van der Waals surface area contributed by atoms with Crippen molar-refractivity contribution in [1.29, 1.82) is 0 Å². The van der Waals surface area contributed by atoms with E-state index in [4.69, 9.17) is 0 Å². The molecular formula is C23H24N2O3S2. The van der Waals surface area contributed by atoms with Gasteiger partial charge in [-0.15, -0.1) is 0 Å². The van der Waals surface area contributed by atoms with Crippen LogP contribution in [0.1, 0.15) is 21.5 Å². The Morgan fingerprint density at radius 2 is 1.57 bits per heavy atom. The van der Waals surface area contributed by atoms with Crippen molar-refractivity contribution in [2.75, 3.05) is 17.0 Å². The Morgan fingerprint density at radius 1 is 0.900 bits per heavy atom. The van der Waals surface area contributed by atoms with Crippen molar-refractivity contribution in [2.45, 2.75) is 17.6 Å². The Labute approximate surface area is 182 Å². The Morgan fingerprint density at radius 3 is 2.27 bits per heavy atom. The fourth-order valence-corrected chi connectivity index (χ4v) is 4.81. The van der Waals surface area contributed by atoms with E-state index in [0.717, 1.165) is 11.5 Å². The molecule has 0 radical (unpaired) electrons. The first-order valence-corrected chi connectivity index (χ1v) is 12.2. The number of sulfonamides is 1. The molecular weight excluding hydrogens is 416 g/mol. The highest BCUT2D eigenvalue weighted by atomic mass is 32.2. The summed E-state index contributed by atoms with van der Waals surface area (Å²) in [4.78, 5) is 12.5. The quantitative estimate of drug-likeness (QED) is 0.482. The molecule has 3 aromatic carbocycles. The summed E-state index contributed by atoms with van der Waals surface area (Å²) in [5, 5.41) is 2.89. The molecule has 0 spiro atoms. The van der Waals surface area contributed by atoms with E-state index in [1.165, 1.54) is 23.3 Å². The van der Waals surface area contributed by atoms with E-state index in [1.54, 1.807) is 54.2 Å². The Balaban J connectivity index is 1.46. The predicted molar refractivity (Wildman–Crippen MR) is 123 cm³/mol. The lowest BCUT2D eigenvalue weighted by atomic mass is 10.1. The van der Waals surface area contributed by atoms with Gasteiger partial charge in [0, 0.05) is 29.3 Å². The zero-order valence-corrected chi connectivity index (χ0v) is 18.3. The Hall–Kier alpha value is -2.77. The van der Waals surface area contributed by atoms with Crippen molar-refractivity contribution >= 4 is 33.4 Å². The van der Waals surface area contributed by atoms with Gasteiger partial charge in [0.05, 0.1) is 4.90 Å². The summed E-state index contributed by atoms with van der Waals surface area (Å²) in [6, 6.07) is 22.8. The van der Waals surface area contributed by atoms with Gasteiger partial charge in [-0.05, 0) is 54.4 Å². The molecule has 0 aromatic heterocycles. The molecule has 156 valence electrons. The van der Waals surface area contributed by atoms with Crippen LogP contribution in [0.15, 0.2) is 83.8 Å². The molecule has 0 aliphatic rings. The fraction of sp³-hybridized carbons (Fsp3) is 0.174. The molecule has 0 aliphatic carbocycles. The molecule has 1 amide bonds. The van der Waals surface area contributed by atoms with Crippen LogP contribution in [0, 0.1) is 6.92 Å². The van der Waals surface area contributed by atoms with Crippen LogP contribution in [-0.4, -0.2) is 26.6 Å². The van der Waals surface area contributed by atoms with Crippen LogP contribution in [0.25, 0.3) is 0 Å². The predicted octanol–water partition coefficient (Wildman–Crippen LogP) is 4.46. The smallest absolute Gasteiger partial charge is 0.261 e. The average Bonchev–Trinajstić information content (AvgIpc) is 2.75. The van der Waals surface area contributed by atoms with Crippen molar-refractivity contribution in [1.82, 2.24) is 5.32 Å². The normalized spacial score (nSPS) is 11.1. The highest BCUT2D eigenvalue weighted by molar-refractivity contribution is 7.98. The molecule has 5 nitrogen and oxygen atoms in total. The van der Waals surface area contributed by atoms with Gasteiger partial charge in [0.2, 0.25) is 0 Å². The van der Waals surface area contributed by atoms with E-state index in [0.29, 0.717) is 17.8 Å². The lowest BCUT2D eigenvalue weighted by Gasteiger charge is -2.09. The van der Waals surface area contributed by atoms with Crippen LogP contribution in [0.2, 0.25) is 0 Å². The van der Waals surface area contributed by atoms with Crippen molar-refractivity contribution in [3.05, 3.63) is 95.6 Å². The van der Waals surface area contributed by atoms with Crippen LogP contribution in [0.3, 0.4) is 0 Å². The monoisotopic (exact) mass is 440 g/mol. The van der Waals surface area contributed by atoms with Gasteiger partial charge in [0.15, 0.2) is 0 Å². The molecule has 0 bridgehead atoms. The van der Waals surface area contributed by atoms with E-state index in [9.17, 15) is 13.2 Å². The van der Waals surface area contributed by atoms with Crippen molar-refractivity contribution in [2.24, 2.45) is 0 Å². The number of hydrogen-bond acceptors (Lipinski definition) is 4. The lowest BCUT2D eigenvalue weighted by Crippen LogP contribution is -2.25. The van der Waals surface area contributed by atoms with Crippen LogP contribution in [-0.2, 0) is 15.8 Å². The third-order valence-electron chi connectivity index (χ3n) is 4.50. The summed E-state index contributed by atoms with van der Waals surface area (Å²) in [6.45, 7) is 2.67. The molecule has 0 aliphatic heterocycles. The highest BCUT2D eigenvalue weighted by Crippen LogP contribution is 2.17. The highest BCUT2D eigenvalue weighted by Gasteiger charge is 2.13. The number of rotatable bonds is 9. The molecule has 7 heteroatoms. The number of thioether (sulfide) groups is 1. The van der Waals surface area contributed by atoms with Crippen LogP contribution >= 0.6 is 11.8 Å². The number of carbonyl (C=O) groups excluding carboxylic acids is 1. The van der Waals surface area contributed by atoms with Gasteiger partial charge < -0.3 is 5.32 Å². The number of nitrogens with one attached hydrogen (secondary N) is 2. The van der Waals surface area contributed by atoms with E-state index in [2.05, 4.69) is 29.1 Å². The summed E-state index contributed by atoms with van der Waals surface area (Å²) in [5.74, 6) is 1.55. The van der Waals surface area contributed by atoms with Gasteiger partial charge in [-0.3, -0.25) is 9.52 Å². The van der Waals surface area contributed by atoms with Crippen molar-refractivity contribution < 1.29 is 13.2 Å². The molecule has 0 atom stereocenters. The third-order valence-corrected chi connectivity index (χ3v) is 6.91. The summed E-state index contributed by atoms with van der Waals surface area (Å²) in [7, 11) is -3.65. The van der Waals surface area contributed by atoms with Crippen molar-refractivity contribution in [3.8, 4) is 0 Å². The zero-order valence-electron chi connectivity index (χ0n) is 16.7. The second-order valence-corrected chi connectivity index (χ2v) is 9.52. The molecule has 0 unspecified atom stereocenters. The lowest BCUT2D eigenvalue weighted by molar-refractivity contribution is 0.0956. The minimum Gasteiger partial charge on any atom is -0.351 e. The molecule has 0 saturated carbocycles. The molecule has 0 fully saturated rings. The number of hydrogen-bond donors (Lipinski definition) is 2. The van der Waals surface area contributed by atoms with E-state index in [-0.39, 0.29) is 10.8 Å². The Kier molecular flexibility index (Phi) is 7.54. The maximum absolute atomic E-state index is 12.4. The number of benzene rings is 3. The number of aryl methyl sites for hydroxylation is 1. The van der Waals surface area contributed by atoms with E-state index in [1.807, 2.05) is 12.1 Å². The molecule has 0 saturated heterocycles. The average molecular weight is 441 g/mol. The minimum atomic E-state index is -3.65. The van der Waals surface area contributed by atoms with Gasteiger partial charge >= 0.3 is 0 Å². The van der Waals surface area contributed by atoms with Crippen LogP contribution in [0.5, 0.6) is 0 Å². The number of amides is 1. The van der Waals surface area contributed by atoms with Gasteiger partial charge in [-0.1, -0.05) is 42.5 Å². The van der Waals surface area contributed by atoms with Gasteiger partial charge in [0.25, 0.3) is 15.9 Å². The van der Waals surface area contributed by atoms with E-state index < -0.39 is 10.0 Å². The maximum atomic E-state index is 12.4. The summed E-state index contributed by atoms with van der Waals surface area (Å²) < 4.78 is 27.2. The largest absolute Gasteiger partial charge is 0.351 e. The Bertz CT molecular complexity index is 1080. The first-order chi connectivity index (χ1) is 14.5. The van der Waals surface area contributed by atoms with Gasteiger partial charge in [-0.25, -0.2) is 8.42 Å². The second-order valence-electron chi connectivity index (χ2n) is 6.73. The molecule has 3 rings (SSSR count). The fourth-order valence-electron chi connectivity index (χ4n) is 2.80. The molecule has 0 heterocycles. The topological polar surface area (TPSA) is 75.3 Å². The standard InChI is InChI=1S/C23H24N2O3S2/c1-18-7-5-6-8-20(18)17-29-16-15-24-23(26)19-11-13-21(14-12-19)25-30(27,28)22-9-3-2-4-10-22/h2-14,25H,15-17H2,1H3,(H,24,26).